The molecule has 188 valence electrons. The van der Waals surface area contributed by atoms with E-state index in [2.05, 4.69) is 20.9 Å². The summed E-state index contributed by atoms with van der Waals surface area (Å²) in [5, 5.41) is 10.1. The van der Waals surface area contributed by atoms with E-state index in [1.165, 1.54) is 18.4 Å². The highest BCUT2D eigenvalue weighted by atomic mass is 79.9. The van der Waals surface area contributed by atoms with Crippen molar-refractivity contribution in [1.82, 2.24) is 4.57 Å². The summed E-state index contributed by atoms with van der Waals surface area (Å²) in [6.45, 7) is 3.71. The van der Waals surface area contributed by atoms with E-state index in [-0.39, 0.29) is 23.7 Å². The van der Waals surface area contributed by atoms with Crippen molar-refractivity contribution < 1.29 is 19.4 Å². The molecule has 0 saturated heterocycles. The highest BCUT2D eigenvalue weighted by Crippen LogP contribution is 2.35. The van der Waals surface area contributed by atoms with Crippen molar-refractivity contribution in [2.24, 2.45) is 4.99 Å². The lowest BCUT2D eigenvalue weighted by molar-refractivity contribution is -0.139. The van der Waals surface area contributed by atoms with Gasteiger partial charge in [0, 0.05) is 19.8 Å². The molecule has 0 saturated carbocycles. The van der Waals surface area contributed by atoms with Gasteiger partial charge in [0.15, 0.2) is 16.3 Å². The number of nitrogens with zero attached hydrogens (tertiary/aromatic N) is 3. The molecule has 2 heterocycles. The van der Waals surface area contributed by atoms with Gasteiger partial charge >= 0.3 is 5.97 Å². The normalized spacial score (nSPS) is 15.4. The fraction of sp³-hybridized carbons (Fsp3) is 0.269. The molecule has 0 fully saturated rings. The van der Waals surface area contributed by atoms with Crippen molar-refractivity contribution in [3.8, 4) is 11.5 Å². The van der Waals surface area contributed by atoms with Crippen LogP contribution in [-0.4, -0.2) is 43.5 Å². The van der Waals surface area contributed by atoms with Gasteiger partial charge in [0.2, 0.25) is 0 Å². The van der Waals surface area contributed by atoms with Crippen molar-refractivity contribution >= 4 is 45.0 Å². The number of fused-ring (bicyclic) bond motifs is 1. The molecule has 4 rings (SSSR count). The molecule has 1 aliphatic heterocycles. The lowest BCUT2D eigenvalue weighted by Crippen LogP contribution is -2.39. The number of hydrogen-bond acceptors (Lipinski definition) is 8. The molecule has 1 aromatic heterocycles. The number of hydrogen-bond donors (Lipinski definition) is 1. The molecule has 0 radical (unpaired) electrons. The highest BCUT2D eigenvalue weighted by Gasteiger charge is 2.33. The molecule has 0 spiro atoms. The summed E-state index contributed by atoms with van der Waals surface area (Å²) in [5.41, 5.74) is 3.00. The van der Waals surface area contributed by atoms with Gasteiger partial charge in [0.25, 0.3) is 5.56 Å². The smallest absolute Gasteiger partial charge is 0.338 e. The van der Waals surface area contributed by atoms with Crippen LogP contribution in [0.4, 0.5) is 5.69 Å². The van der Waals surface area contributed by atoms with Gasteiger partial charge < -0.3 is 19.5 Å². The van der Waals surface area contributed by atoms with Gasteiger partial charge in [0.05, 0.1) is 40.0 Å². The molecule has 2 aromatic carbocycles. The van der Waals surface area contributed by atoms with Gasteiger partial charge in [-0.3, -0.25) is 9.36 Å². The molecule has 3 aromatic rings. The Morgan fingerprint density at radius 3 is 2.58 bits per heavy atom. The summed E-state index contributed by atoms with van der Waals surface area (Å²) in [6.07, 6.45) is 1.71. The zero-order valence-corrected chi connectivity index (χ0v) is 22.9. The number of ether oxygens (including phenoxy) is 2. The summed E-state index contributed by atoms with van der Waals surface area (Å²) in [4.78, 5) is 33.8. The second-order valence-corrected chi connectivity index (χ2v) is 10.2. The first-order valence-corrected chi connectivity index (χ1v) is 12.8. The molecule has 0 amide bonds. The van der Waals surface area contributed by atoms with Gasteiger partial charge in [-0.2, -0.15) is 0 Å². The number of benzene rings is 2. The number of halogens is 1. The summed E-state index contributed by atoms with van der Waals surface area (Å²) in [6, 6.07) is 10.4. The van der Waals surface area contributed by atoms with Gasteiger partial charge in [-0.1, -0.05) is 23.5 Å². The predicted octanol–water partition coefficient (Wildman–Crippen LogP) is 3.34. The van der Waals surface area contributed by atoms with Crippen molar-refractivity contribution in [3.63, 3.8) is 0 Å². The highest BCUT2D eigenvalue weighted by molar-refractivity contribution is 9.10. The monoisotopic (exact) mass is 571 g/mol. The molecular formula is C26H26BrN3O5S. The average molecular weight is 572 g/mol. The van der Waals surface area contributed by atoms with Crippen LogP contribution in [0.2, 0.25) is 0 Å². The van der Waals surface area contributed by atoms with Crippen LogP contribution >= 0.6 is 27.3 Å². The van der Waals surface area contributed by atoms with Crippen LogP contribution in [0.3, 0.4) is 0 Å². The first-order chi connectivity index (χ1) is 17.2. The number of allylic oxidation sites excluding steroid dienone is 1. The number of phenolic OH excluding ortho intramolecular Hbond substituents is 1. The Hall–Kier alpha value is -3.37. The number of aromatic nitrogens is 1. The number of methoxy groups -OCH3 is 1. The van der Waals surface area contributed by atoms with Gasteiger partial charge in [-0.05, 0) is 71.2 Å². The van der Waals surface area contributed by atoms with Crippen LogP contribution in [0.5, 0.6) is 11.5 Å². The summed E-state index contributed by atoms with van der Waals surface area (Å²) < 4.78 is 13.0. The van der Waals surface area contributed by atoms with Crippen molar-refractivity contribution in [2.45, 2.75) is 19.9 Å². The Morgan fingerprint density at radius 2 is 1.97 bits per heavy atom. The van der Waals surface area contributed by atoms with E-state index < -0.39 is 12.0 Å². The molecule has 1 atom stereocenters. The number of carbonyl (C=O) groups is 1. The first-order valence-electron chi connectivity index (χ1n) is 11.2. The number of rotatable bonds is 6. The first kappa shape index (κ1) is 25.7. The van der Waals surface area contributed by atoms with Crippen LogP contribution < -0.4 is 24.5 Å². The maximum Gasteiger partial charge on any atom is 0.338 e. The quantitative estimate of drug-likeness (QED) is 0.456. The maximum absolute atomic E-state index is 13.7. The second kappa shape index (κ2) is 10.3. The second-order valence-electron chi connectivity index (χ2n) is 8.34. The van der Waals surface area contributed by atoms with Crippen LogP contribution in [0, 0.1) is 0 Å². The standard InChI is InChI=1S/C26H26BrN3O5S/c1-6-35-25(33)21-14(2)28-26-30(22(21)16-7-9-17(10-8-16)29(3)4)24(32)20(36-26)13-15-11-18(27)23(31)19(12-15)34-5/h7-13,22,31H,6H2,1-5H3/b20-13-. The molecular weight excluding hydrogens is 546 g/mol. The van der Waals surface area contributed by atoms with E-state index in [1.54, 1.807) is 36.6 Å². The van der Waals surface area contributed by atoms with E-state index in [1.807, 2.05) is 43.3 Å². The molecule has 8 nitrogen and oxygen atoms in total. The average Bonchev–Trinajstić information content (AvgIpc) is 3.14. The van der Waals surface area contributed by atoms with Crippen molar-refractivity contribution in [2.75, 3.05) is 32.7 Å². The molecule has 1 N–H and O–H groups in total. The lowest BCUT2D eigenvalue weighted by Gasteiger charge is -2.25. The van der Waals surface area contributed by atoms with Crippen LogP contribution in [-0.2, 0) is 9.53 Å². The molecule has 10 heteroatoms. The van der Waals surface area contributed by atoms with Gasteiger partial charge in [-0.15, -0.1) is 0 Å². The Bertz CT molecular complexity index is 1540. The van der Waals surface area contributed by atoms with E-state index in [0.717, 1.165) is 11.3 Å². The van der Waals surface area contributed by atoms with E-state index in [9.17, 15) is 14.7 Å². The van der Waals surface area contributed by atoms with Gasteiger partial charge in [0.1, 0.15) is 0 Å². The Morgan fingerprint density at radius 1 is 1.28 bits per heavy atom. The fourth-order valence-electron chi connectivity index (χ4n) is 4.05. The molecule has 0 bridgehead atoms. The van der Waals surface area contributed by atoms with Crippen molar-refractivity contribution in [1.29, 1.82) is 0 Å². The fourth-order valence-corrected chi connectivity index (χ4v) is 5.55. The number of phenols is 1. The molecule has 36 heavy (non-hydrogen) atoms. The van der Waals surface area contributed by atoms with Crippen LogP contribution in [0.15, 0.2) is 61.9 Å². The zero-order chi connectivity index (χ0) is 26.1. The minimum absolute atomic E-state index is 0.0213. The SMILES string of the molecule is CCOC(=O)C1=C(C)N=c2s/c(=C\c3cc(Br)c(O)c(OC)c3)c(=O)n2C1c1ccc(N(C)C)cc1. The number of aromatic hydroxyl groups is 1. The van der Waals surface area contributed by atoms with E-state index in [0.29, 0.717) is 30.6 Å². The third-order valence-corrected chi connectivity index (χ3v) is 7.40. The summed E-state index contributed by atoms with van der Waals surface area (Å²) in [5.74, 6) is -0.239. The van der Waals surface area contributed by atoms with E-state index in [4.69, 9.17) is 9.47 Å². The Balaban J connectivity index is 1.94. The number of esters is 1. The topological polar surface area (TPSA) is 93.4 Å². The number of carbonyl (C=O) groups excluding carboxylic acids is 1. The van der Waals surface area contributed by atoms with Gasteiger partial charge in [-0.25, -0.2) is 9.79 Å². The van der Waals surface area contributed by atoms with Crippen molar-refractivity contribution in [3.05, 3.63) is 83.0 Å². The van der Waals surface area contributed by atoms with Crippen LogP contribution in [0.1, 0.15) is 31.0 Å². The Labute approximate surface area is 220 Å². The Kier molecular flexibility index (Phi) is 7.37. The lowest BCUT2D eigenvalue weighted by atomic mass is 9.95. The summed E-state index contributed by atoms with van der Waals surface area (Å²) >= 11 is 4.55. The molecule has 1 aliphatic rings. The third-order valence-electron chi connectivity index (χ3n) is 5.81. The molecule has 0 aliphatic carbocycles. The summed E-state index contributed by atoms with van der Waals surface area (Å²) in [7, 11) is 5.35. The minimum atomic E-state index is -0.681. The predicted molar refractivity (Wildman–Crippen MR) is 144 cm³/mol. The number of thiazole rings is 1. The largest absolute Gasteiger partial charge is 0.503 e. The third kappa shape index (κ3) is 4.70. The number of anilines is 1. The minimum Gasteiger partial charge on any atom is -0.503 e. The zero-order valence-electron chi connectivity index (χ0n) is 20.5. The maximum atomic E-state index is 13.7. The molecule has 1 unspecified atom stereocenters. The van der Waals surface area contributed by atoms with E-state index >= 15 is 0 Å². The van der Waals surface area contributed by atoms with Crippen LogP contribution in [0.25, 0.3) is 6.08 Å².